The van der Waals surface area contributed by atoms with Gasteiger partial charge in [0.25, 0.3) is 0 Å². The van der Waals surface area contributed by atoms with Crippen molar-refractivity contribution in [2.45, 2.75) is 31.1 Å². The minimum atomic E-state index is 0.791. The summed E-state index contributed by atoms with van der Waals surface area (Å²) in [5.41, 5.74) is 8.04. The number of hydrogen-bond acceptors (Lipinski definition) is 2. The maximum absolute atomic E-state index is 5.43. The Morgan fingerprint density at radius 3 is 2.69 bits per heavy atom. The van der Waals surface area contributed by atoms with Crippen LogP contribution in [0.15, 0.2) is 23.1 Å². The first-order valence-corrected chi connectivity index (χ1v) is 5.17. The molecule has 0 aliphatic heterocycles. The van der Waals surface area contributed by atoms with Gasteiger partial charge in [-0.25, -0.2) is 0 Å². The molecular formula is C11H17NS. The molecule has 0 bridgehead atoms. The van der Waals surface area contributed by atoms with Gasteiger partial charge in [0.05, 0.1) is 0 Å². The molecule has 72 valence electrons. The third-order valence-corrected chi connectivity index (χ3v) is 2.67. The van der Waals surface area contributed by atoms with Crippen molar-refractivity contribution in [2.24, 2.45) is 5.73 Å². The standard InChI is InChI=1S/C11H17NS/c1-9-5-6-10(8-11(9)13)4-2-3-7-12/h5-6,8,13H,2-4,7,12H2,1H3. The van der Waals surface area contributed by atoms with Crippen molar-refractivity contribution >= 4 is 12.6 Å². The topological polar surface area (TPSA) is 26.0 Å². The molecular weight excluding hydrogens is 178 g/mol. The number of hydrogen-bond donors (Lipinski definition) is 2. The summed E-state index contributed by atoms with van der Waals surface area (Å²) in [6, 6.07) is 6.45. The van der Waals surface area contributed by atoms with E-state index in [1.165, 1.54) is 17.5 Å². The van der Waals surface area contributed by atoms with Crippen LogP contribution < -0.4 is 5.73 Å². The minimum Gasteiger partial charge on any atom is -0.330 e. The van der Waals surface area contributed by atoms with E-state index in [1.807, 2.05) is 0 Å². The molecule has 1 aromatic carbocycles. The molecule has 1 rings (SSSR count). The second-order valence-corrected chi connectivity index (χ2v) is 3.85. The highest BCUT2D eigenvalue weighted by Crippen LogP contribution is 2.16. The number of benzene rings is 1. The van der Waals surface area contributed by atoms with Crippen molar-refractivity contribution in [3.05, 3.63) is 29.3 Å². The molecule has 0 aromatic heterocycles. The van der Waals surface area contributed by atoms with E-state index >= 15 is 0 Å². The molecule has 0 aliphatic carbocycles. The lowest BCUT2D eigenvalue weighted by Crippen LogP contribution is -1.99. The Balaban J connectivity index is 2.53. The predicted molar refractivity (Wildman–Crippen MR) is 60.4 cm³/mol. The van der Waals surface area contributed by atoms with Crippen molar-refractivity contribution in [3.63, 3.8) is 0 Å². The van der Waals surface area contributed by atoms with Crippen LogP contribution in [-0.2, 0) is 6.42 Å². The Kier molecular flexibility index (Phi) is 4.33. The minimum absolute atomic E-state index is 0.791. The van der Waals surface area contributed by atoms with Crippen LogP contribution in [0, 0.1) is 6.92 Å². The van der Waals surface area contributed by atoms with E-state index in [0.29, 0.717) is 0 Å². The Morgan fingerprint density at radius 1 is 1.31 bits per heavy atom. The van der Waals surface area contributed by atoms with Gasteiger partial charge >= 0.3 is 0 Å². The first-order chi connectivity index (χ1) is 6.24. The highest BCUT2D eigenvalue weighted by Gasteiger charge is 1.96. The zero-order chi connectivity index (χ0) is 9.68. The largest absolute Gasteiger partial charge is 0.330 e. The monoisotopic (exact) mass is 195 g/mol. The molecule has 0 saturated heterocycles. The van der Waals surface area contributed by atoms with Crippen molar-refractivity contribution in [1.29, 1.82) is 0 Å². The van der Waals surface area contributed by atoms with Crippen molar-refractivity contribution in [2.75, 3.05) is 6.54 Å². The van der Waals surface area contributed by atoms with Crippen LogP contribution in [-0.4, -0.2) is 6.54 Å². The summed E-state index contributed by atoms with van der Waals surface area (Å²) in [6.45, 7) is 2.87. The first-order valence-electron chi connectivity index (χ1n) is 4.72. The summed E-state index contributed by atoms with van der Waals surface area (Å²) in [7, 11) is 0. The predicted octanol–water partition coefficient (Wildman–Crippen LogP) is 2.57. The average molecular weight is 195 g/mol. The maximum atomic E-state index is 5.43. The Bertz CT molecular complexity index is 271. The van der Waals surface area contributed by atoms with Gasteiger partial charge in [-0.2, -0.15) is 0 Å². The second kappa shape index (κ2) is 5.30. The lowest BCUT2D eigenvalue weighted by molar-refractivity contribution is 0.743. The summed E-state index contributed by atoms with van der Waals surface area (Å²) in [5.74, 6) is 0. The Labute approximate surface area is 85.8 Å². The molecule has 2 N–H and O–H groups in total. The summed E-state index contributed by atoms with van der Waals surface area (Å²) < 4.78 is 0. The van der Waals surface area contributed by atoms with Crippen molar-refractivity contribution < 1.29 is 0 Å². The summed E-state index contributed by atoms with van der Waals surface area (Å²) in [5, 5.41) is 0. The van der Waals surface area contributed by atoms with Gasteiger partial charge in [0, 0.05) is 4.90 Å². The van der Waals surface area contributed by atoms with Gasteiger partial charge in [0.2, 0.25) is 0 Å². The Hall–Kier alpha value is -0.470. The van der Waals surface area contributed by atoms with E-state index in [-0.39, 0.29) is 0 Å². The fraction of sp³-hybridized carbons (Fsp3) is 0.455. The zero-order valence-corrected chi connectivity index (χ0v) is 8.98. The number of thiol groups is 1. The third-order valence-electron chi connectivity index (χ3n) is 2.19. The SMILES string of the molecule is Cc1ccc(CCCCN)cc1S. The van der Waals surface area contributed by atoms with Crippen LogP contribution in [0.5, 0.6) is 0 Å². The van der Waals surface area contributed by atoms with Gasteiger partial charge in [-0.1, -0.05) is 12.1 Å². The molecule has 0 heterocycles. The number of aryl methyl sites for hydroxylation is 2. The summed E-state index contributed by atoms with van der Waals surface area (Å²) in [4.78, 5) is 1.09. The molecule has 1 aromatic rings. The molecule has 0 amide bonds. The van der Waals surface area contributed by atoms with Crippen molar-refractivity contribution in [1.82, 2.24) is 0 Å². The van der Waals surface area contributed by atoms with Crippen molar-refractivity contribution in [3.8, 4) is 0 Å². The van der Waals surface area contributed by atoms with Crippen LogP contribution in [0.3, 0.4) is 0 Å². The molecule has 1 nitrogen and oxygen atoms in total. The third kappa shape index (κ3) is 3.41. The number of unbranched alkanes of at least 4 members (excludes halogenated alkanes) is 1. The first kappa shape index (κ1) is 10.6. The smallest absolute Gasteiger partial charge is 0.00719 e. The lowest BCUT2D eigenvalue weighted by atomic mass is 10.1. The van der Waals surface area contributed by atoms with E-state index in [1.54, 1.807) is 0 Å². The second-order valence-electron chi connectivity index (χ2n) is 3.37. The molecule has 0 unspecified atom stereocenters. The van der Waals surface area contributed by atoms with Gasteiger partial charge in [-0.3, -0.25) is 0 Å². The van der Waals surface area contributed by atoms with E-state index < -0.39 is 0 Å². The van der Waals surface area contributed by atoms with Crippen LogP contribution in [0.1, 0.15) is 24.0 Å². The maximum Gasteiger partial charge on any atom is 0.00719 e. The van der Waals surface area contributed by atoms with Crippen LogP contribution in [0.25, 0.3) is 0 Å². The summed E-state index contributed by atoms with van der Waals surface area (Å²) in [6.07, 6.45) is 3.40. The molecule has 0 radical (unpaired) electrons. The highest BCUT2D eigenvalue weighted by molar-refractivity contribution is 7.80. The van der Waals surface area contributed by atoms with Gasteiger partial charge in [-0.15, -0.1) is 12.6 Å². The molecule has 0 atom stereocenters. The molecule has 2 heteroatoms. The zero-order valence-electron chi connectivity index (χ0n) is 8.09. The average Bonchev–Trinajstić information content (AvgIpc) is 2.12. The number of rotatable bonds is 4. The highest BCUT2D eigenvalue weighted by atomic mass is 32.1. The van der Waals surface area contributed by atoms with E-state index in [4.69, 9.17) is 5.73 Å². The van der Waals surface area contributed by atoms with Gasteiger partial charge in [0.15, 0.2) is 0 Å². The van der Waals surface area contributed by atoms with Gasteiger partial charge in [0.1, 0.15) is 0 Å². The van der Waals surface area contributed by atoms with Crippen LogP contribution in [0.4, 0.5) is 0 Å². The van der Waals surface area contributed by atoms with E-state index in [2.05, 4.69) is 37.8 Å². The molecule has 0 fully saturated rings. The molecule has 13 heavy (non-hydrogen) atoms. The molecule has 0 spiro atoms. The lowest BCUT2D eigenvalue weighted by Gasteiger charge is -2.03. The molecule has 0 saturated carbocycles. The van der Waals surface area contributed by atoms with E-state index in [0.717, 1.165) is 24.3 Å². The van der Waals surface area contributed by atoms with E-state index in [9.17, 15) is 0 Å². The fourth-order valence-corrected chi connectivity index (χ4v) is 1.52. The van der Waals surface area contributed by atoms with Crippen LogP contribution in [0.2, 0.25) is 0 Å². The molecule has 0 aliphatic rings. The van der Waals surface area contributed by atoms with Crippen LogP contribution >= 0.6 is 12.6 Å². The van der Waals surface area contributed by atoms with Gasteiger partial charge in [-0.05, 0) is 49.9 Å². The normalized spacial score (nSPS) is 10.4. The van der Waals surface area contributed by atoms with Gasteiger partial charge < -0.3 is 5.73 Å². The Morgan fingerprint density at radius 2 is 2.08 bits per heavy atom. The number of nitrogens with two attached hydrogens (primary N) is 1. The summed E-state index contributed by atoms with van der Waals surface area (Å²) >= 11 is 4.39. The fourth-order valence-electron chi connectivity index (χ4n) is 1.28. The quantitative estimate of drug-likeness (QED) is 0.560.